The molecule has 0 saturated carbocycles. The Bertz CT molecular complexity index is 828. The van der Waals surface area contributed by atoms with Gasteiger partial charge in [0.1, 0.15) is 30.5 Å². The van der Waals surface area contributed by atoms with E-state index in [4.69, 9.17) is 9.47 Å². The number of nitrogens with one attached hydrogen (secondary N) is 1. The summed E-state index contributed by atoms with van der Waals surface area (Å²) in [5.74, 6) is -0.766. The Morgan fingerprint density at radius 2 is 1.81 bits per heavy atom. The van der Waals surface area contributed by atoms with Crippen LogP contribution in [-0.2, 0) is 11.3 Å². The van der Waals surface area contributed by atoms with Gasteiger partial charge in [-0.3, -0.25) is 9.69 Å². The number of anilines is 1. The van der Waals surface area contributed by atoms with Crippen molar-refractivity contribution in [3.63, 3.8) is 0 Å². The first-order valence-electron chi connectivity index (χ1n) is 8.52. The molecule has 144 valence electrons. The summed E-state index contributed by atoms with van der Waals surface area (Å²) >= 11 is 3.51. The predicted molar refractivity (Wildman–Crippen MR) is 101 cm³/mol. The van der Waals surface area contributed by atoms with Crippen LogP contribution in [0.25, 0.3) is 0 Å². The summed E-state index contributed by atoms with van der Waals surface area (Å²) in [4.78, 5) is 14.1. The van der Waals surface area contributed by atoms with E-state index in [0.29, 0.717) is 37.8 Å². The third kappa shape index (κ3) is 4.75. The third-order valence-electron chi connectivity index (χ3n) is 4.15. The first-order chi connectivity index (χ1) is 13.0. The lowest BCUT2D eigenvalue weighted by Crippen LogP contribution is -2.33. The van der Waals surface area contributed by atoms with Crippen molar-refractivity contribution in [2.24, 2.45) is 0 Å². The van der Waals surface area contributed by atoms with Gasteiger partial charge in [0, 0.05) is 11.0 Å². The molecule has 0 atom stereocenters. The molecule has 0 fully saturated rings. The van der Waals surface area contributed by atoms with E-state index in [-0.39, 0.29) is 6.54 Å². The van der Waals surface area contributed by atoms with Gasteiger partial charge in [-0.05, 0) is 36.4 Å². The van der Waals surface area contributed by atoms with Gasteiger partial charge >= 0.3 is 0 Å². The summed E-state index contributed by atoms with van der Waals surface area (Å²) in [6.07, 6.45) is 0. The van der Waals surface area contributed by atoms with E-state index in [1.54, 1.807) is 0 Å². The summed E-state index contributed by atoms with van der Waals surface area (Å²) < 4.78 is 39.4. The number of fused-ring (bicyclic) bond motifs is 1. The van der Waals surface area contributed by atoms with Crippen molar-refractivity contribution in [2.45, 2.75) is 13.5 Å². The van der Waals surface area contributed by atoms with Gasteiger partial charge in [-0.2, -0.15) is 0 Å². The van der Waals surface area contributed by atoms with Crippen molar-refractivity contribution < 1.29 is 23.0 Å². The number of halogens is 3. The van der Waals surface area contributed by atoms with Crippen LogP contribution < -0.4 is 14.8 Å². The number of hydrogen-bond donors (Lipinski definition) is 1. The molecular weight excluding hydrogens is 422 g/mol. The Morgan fingerprint density at radius 3 is 2.44 bits per heavy atom. The van der Waals surface area contributed by atoms with E-state index in [0.717, 1.165) is 22.2 Å². The van der Waals surface area contributed by atoms with Crippen molar-refractivity contribution in [1.29, 1.82) is 0 Å². The van der Waals surface area contributed by atoms with E-state index >= 15 is 0 Å². The molecule has 1 aliphatic rings. The molecule has 2 aromatic rings. The molecule has 1 amide bonds. The number of ether oxygens (including phenoxy) is 2. The van der Waals surface area contributed by atoms with Gasteiger partial charge in [0.2, 0.25) is 5.91 Å². The number of carbonyl (C=O) groups is 1. The van der Waals surface area contributed by atoms with E-state index < -0.39 is 23.2 Å². The van der Waals surface area contributed by atoms with Gasteiger partial charge in [0.05, 0.1) is 6.54 Å². The van der Waals surface area contributed by atoms with Crippen molar-refractivity contribution in [3.05, 3.63) is 52.0 Å². The van der Waals surface area contributed by atoms with Crippen LogP contribution >= 0.6 is 15.9 Å². The molecule has 0 aliphatic carbocycles. The molecule has 0 bridgehead atoms. The molecule has 0 aromatic heterocycles. The molecule has 3 rings (SSSR count). The molecule has 1 heterocycles. The zero-order chi connectivity index (χ0) is 19.4. The quantitative estimate of drug-likeness (QED) is 0.738. The highest BCUT2D eigenvalue weighted by Crippen LogP contribution is 2.36. The minimum Gasteiger partial charge on any atom is -0.486 e. The average molecular weight is 441 g/mol. The number of benzene rings is 2. The number of nitrogens with zero attached hydrogens (tertiary/aromatic N) is 1. The highest BCUT2D eigenvalue weighted by atomic mass is 79.9. The molecule has 2 aromatic carbocycles. The van der Waals surface area contributed by atoms with Crippen LogP contribution in [-0.4, -0.2) is 37.1 Å². The maximum atomic E-state index is 13.7. The summed E-state index contributed by atoms with van der Waals surface area (Å²) in [5, 5.41) is 2.31. The van der Waals surface area contributed by atoms with Gasteiger partial charge in [0.15, 0.2) is 11.5 Å². The van der Waals surface area contributed by atoms with Crippen LogP contribution in [0.15, 0.2) is 34.8 Å². The molecule has 0 radical (unpaired) electrons. The first-order valence-corrected chi connectivity index (χ1v) is 9.31. The average Bonchev–Trinajstić information content (AvgIpc) is 2.64. The van der Waals surface area contributed by atoms with Crippen LogP contribution in [0.3, 0.4) is 0 Å². The minimum atomic E-state index is -0.805. The summed E-state index contributed by atoms with van der Waals surface area (Å²) in [7, 11) is 0. The molecule has 0 spiro atoms. The van der Waals surface area contributed by atoms with Crippen LogP contribution in [0.2, 0.25) is 0 Å². The SMILES string of the molecule is CCN(CC(=O)Nc1c(F)cccc1F)Cc1cc2c(cc1Br)OCCO2. The molecule has 1 N–H and O–H groups in total. The number of rotatable bonds is 6. The van der Waals surface area contributed by atoms with Crippen molar-refractivity contribution in [1.82, 2.24) is 4.90 Å². The van der Waals surface area contributed by atoms with E-state index in [1.807, 2.05) is 24.0 Å². The fourth-order valence-electron chi connectivity index (χ4n) is 2.75. The van der Waals surface area contributed by atoms with E-state index in [1.165, 1.54) is 6.07 Å². The van der Waals surface area contributed by atoms with Gasteiger partial charge < -0.3 is 14.8 Å². The van der Waals surface area contributed by atoms with Crippen LogP contribution in [0.5, 0.6) is 11.5 Å². The van der Waals surface area contributed by atoms with Crippen LogP contribution in [0, 0.1) is 11.6 Å². The summed E-state index contributed by atoms with van der Waals surface area (Å²) in [6.45, 7) is 3.93. The Kier molecular flexibility index (Phi) is 6.28. The molecule has 8 heteroatoms. The lowest BCUT2D eigenvalue weighted by atomic mass is 10.1. The highest BCUT2D eigenvalue weighted by molar-refractivity contribution is 9.10. The van der Waals surface area contributed by atoms with E-state index in [2.05, 4.69) is 21.2 Å². The summed E-state index contributed by atoms with van der Waals surface area (Å²) in [5.41, 5.74) is 0.491. The van der Waals surface area contributed by atoms with Gasteiger partial charge in [-0.1, -0.05) is 28.9 Å². The largest absolute Gasteiger partial charge is 0.486 e. The monoisotopic (exact) mass is 440 g/mol. The minimum absolute atomic E-state index is 0.00877. The maximum Gasteiger partial charge on any atom is 0.238 e. The van der Waals surface area contributed by atoms with Crippen molar-refractivity contribution >= 4 is 27.5 Å². The molecule has 5 nitrogen and oxygen atoms in total. The van der Waals surface area contributed by atoms with Gasteiger partial charge in [0.25, 0.3) is 0 Å². The number of likely N-dealkylation sites (N-methyl/N-ethyl adjacent to an activating group) is 1. The number of carbonyl (C=O) groups excluding carboxylic acids is 1. The number of amides is 1. The van der Waals surface area contributed by atoms with E-state index in [9.17, 15) is 13.6 Å². The Labute approximate surface area is 164 Å². The zero-order valence-corrected chi connectivity index (χ0v) is 16.3. The van der Waals surface area contributed by atoms with Crippen LogP contribution in [0.4, 0.5) is 14.5 Å². The Balaban J connectivity index is 1.68. The number of para-hydroxylation sites is 1. The van der Waals surface area contributed by atoms with Gasteiger partial charge in [-0.15, -0.1) is 0 Å². The normalized spacial score (nSPS) is 12.9. The third-order valence-corrected chi connectivity index (χ3v) is 4.88. The van der Waals surface area contributed by atoms with Crippen molar-refractivity contribution in [3.8, 4) is 11.5 Å². The molecule has 27 heavy (non-hydrogen) atoms. The standard InChI is InChI=1S/C19H19BrF2N2O3/c1-2-24(11-18(25)23-19-14(21)4-3-5-15(19)22)10-12-8-16-17(9-13(12)20)27-7-6-26-16/h3-5,8-9H,2,6-7,10-11H2,1H3,(H,23,25). The second-order valence-corrected chi connectivity index (χ2v) is 6.89. The molecule has 1 aliphatic heterocycles. The lowest BCUT2D eigenvalue weighted by molar-refractivity contribution is -0.117. The second-order valence-electron chi connectivity index (χ2n) is 6.04. The molecule has 0 saturated heterocycles. The first kappa shape index (κ1) is 19.6. The zero-order valence-electron chi connectivity index (χ0n) is 14.7. The fourth-order valence-corrected chi connectivity index (χ4v) is 3.19. The maximum absolute atomic E-state index is 13.7. The second kappa shape index (κ2) is 8.67. The summed E-state index contributed by atoms with van der Waals surface area (Å²) in [6, 6.07) is 7.16. The fraction of sp³-hybridized carbons (Fsp3) is 0.316. The predicted octanol–water partition coefficient (Wildman–Crippen LogP) is 3.96. The molecule has 0 unspecified atom stereocenters. The topological polar surface area (TPSA) is 50.8 Å². The highest BCUT2D eigenvalue weighted by Gasteiger charge is 2.18. The van der Waals surface area contributed by atoms with Crippen LogP contribution in [0.1, 0.15) is 12.5 Å². The number of hydrogen-bond acceptors (Lipinski definition) is 4. The van der Waals surface area contributed by atoms with Gasteiger partial charge in [-0.25, -0.2) is 8.78 Å². The van der Waals surface area contributed by atoms with Crippen molar-refractivity contribution in [2.75, 3.05) is 31.6 Å². The smallest absolute Gasteiger partial charge is 0.238 e. The Hall–Kier alpha value is -2.19. The molecular formula is C19H19BrF2N2O3. The lowest BCUT2D eigenvalue weighted by Gasteiger charge is -2.23. The Morgan fingerprint density at radius 1 is 1.19 bits per heavy atom.